The van der Waals surface area contributed by atoms with Crippen molar-refractivity contribution in [3.05, 3.63) is 54.5 Å². The molecule has 1 aromatic heterocycles. The molecule has 1 heterocycles. The summed E-state index contributed by atoms with van der Waals surface area (Å²) >= 11 is 0. The number of ether oxygens (including phenoxy) is 1. The molecule has 0 aliphatic carbocycles. The Morgan fingerprint density at radius 2 is 1.75 bits per heavy atom. The van der Waals surface area contributed by atoms with Crippen LogP contribution in [-0.4, -0.2) is 16.1 Å². The summed E-state index contributed by atoms with van der Waals surface area (Å²) in [4.78, 5) is 0. The van der Waals surface area contributed by atoms with Crippen LogP contribution in [0.3, 0.4) is 0 Å². The Morgan fingerprint density at radius 3 is 2.55 bits per heavy atom. The lowest BCUT2D eigenvalue weighted by Gasteiger charge is -2.03. The third kappa shape index (κ3) is 6.22. The Kier molecular flexibility index (Phi) is 7.21. The number of rotatable bonds is 10. The summed E-state index contributed by atoms with van der Waals surface area (Å²) in [7, 11) is 0.958. The van der Waals surface area contributed by atoms with E-state index in [9.17, 15) is 0 Å². The molecule has 0 bridgehead atoms. The number of benzene rings is 1. The summed E-state index contributed by atoms with van der Waals surface area (Å²) in [5.41, 5.74) is 0. The summed E-state index contributed by atoms with van der Waals surface area (Å²) < 4.78 is 10.8. The van der Waals surface area contributed by atoms with Crippen molar-refractivity contribution < 1.29 is 9.15 Å². The van der Waals surface area contributed by atoms with Crippen molar-refractivity contribution in [1.82, 2.24) is 0 Å². The Balaban J connectivity index is 1.39. The fourth-order valence-electron chi connectivity index (χ4n) is 2.04. The second kappa shape index (κ2) is 9.56. The summed E-state index contributed by atoms with van der Waals surface area (Å²) in [6, 6.07) is 15.9. The molecular formula is C17H22O2Si. The van der Waals surface area contributed by atoms with Crippen molar-refractivity contribution in [3.63, 3.8) is 0 Å². The quantitative estimate of drug-likeness (QED) is 0.489. The van der Waals surface area contributed by atoms with E-state index in [4.69, 9.17) is 9.15 Å². The van der Waals surface area contributed by atoms with E-state index in [0.29, 0.717) is 6.61 Å². The zero-order valence-electron chi connectivity index (χ0n) is 11.9. The highest BCUT2D eigenvalue weighted by Crippen LogP contribution is 2.06. The van der Waals surface area contributed by atoms with E-state index < -0.39 is 0 Å². The molecule has 0 saturated heterocycles. The van der Waals surface area contributed by atoms with Crippen LogP contribution in [0, 0.1) is 0 Å². The molecule has 0 amide bonds. The van der Waals surface area contributed by atoms with Crippen LogP contribution in [0.1, 0.15) is 31.4 Å². The van der Waals surface area contributed by atoms with Crippen LogP contribution in [0.15, 0.2) is 53.1 Å². The zero-order chi connectivity index (χ0) is 13.9. The average molecular weight is 286 g/mol. The lowest BCUT2D eigenvalue weighted by atomic mass is 10.2. The molecule has 0 spiro atoms. The minimum atomic E-state index is 0.600. The minimum absolute atomic E-state index is 0.600. The third-order valence-corrected chi connectivity index (χ3v) is 4.49. The van der Waals surface area contributed by atoms with E-state index in [1.165, 1.54) is 30.5 Å². The van der Waals surface area contributed by atoms with Crippen LogP contribution < -0.4 is 5.19 Å². The number of hydrogen-bond donors (Lipinski definition) is 0. The fourth-order valence-corrected chi connectivity index (χ4v) is 3.18. The van der Waals surface area contributed by atoms with Crippen LogP contribution in [0.4, 0.5) is 0 Å². The van der Waals surface area contributed by atoms with Crippen molar-refractivity contribution in [2.24, 2.45) is 0 Å². The lowest BCUT2D eigenvalue weighted by molar-refractivity contribution is 0.102. The Bertz CT molecular complexity index is 439. The smallest absolute Gasteiger partial charge is 0.129 e. The minimum Gasteiger partial charge on any atom is -0.467 e. The normalized spacial score (nSPS) is 10.8. The van der Waals surface area contributed by atoms with Crippen LogP contribution in [0.2, 0.25) is 6.04 Å². The van der Waals surface area contributed by atoms with Gasteiger partial charge in [-0.25, -0.2) is 0 Å². The SMILES string of the molecule is c1ccc([Si]CCCCCCOCc2ccco2)cc1. The number of furan rings is 1. The zero-order valence-corrected chi connectivity index (χ0v) is 12.9. The van der Waals surface area contributed by atoms with Gasteiger partial charge in [0.05, 0.1) is 15.8 Å². The highest BCUT2D eigenvalue weighted by Gasteiger charge is 1.97. The van der Waals surface area contributed by atoms with E-state index in [1.807, 2.05) is 12.1 Å². The standard InChI is InChI=1S/C17H22O2Si/c1(6-12-18-15-16-9-8-13-19-16)2-7-14-20-17-10-4-3-5-11-17/h3-5,8-11,13H,1-2,6-7,12,14-15H2. The van der Waals surface area contributed by atoms with Crippen LogP contribution in [0.25, 0.3) is 0 Å². The highest BCUT2D eigenvalue weighted by molar-refractivity contribution is 6.53. The molecule has 0 aliphatic rings. The molecule has 2 radical (unpaired) electrons. The molecule has 0 atom stereocenters. The summed E-state index contributed by atoms with van der Waals surface area (Å²) in [5, 5.41) is 1.48. The van der Waals surface area contributed by atoms with E-state index in [0.717, 1.165) is 28.3 Å². The van der Waals surface area contributed by atoms with E-state index >= 15 is 0 Å². The predicted molar refractivity (Wildman–Crippen MR) is 83.5 cm³/mol. The second-order valence-electron chi connectivity index (χ2n) is 4.84. The highest BCUT2D eigenvalue weighted by atomic mass is 28.2. The van der Waals surface area contributed by atoms with Gasteiger partial charge in [-0.2, -0.15) is 0 Å². The van der Waals surface area contributed by atoms with Crippen molar-refractivity contribution in [2.75, 3.05) is 6.61 Å². The molecule has 20 heavy (non-hydrogen) atoms. The molecular weight excluding hydrogens is 264 g/mol. The molecule has 0 saturated carbocycles. The summed E-state index contributed by atoms with van der Waals surface area (Å²) in [6.45, 7) is 1.43. The third-order valence-electron chi connectivity index (χ3n) is 3.14. The van der Waals surface area contributed by atoms with Gasteiger partial charge in [0.15, 0.2) is 0 Å². The molecule has 106 valence electrons. The molecule has 3 heteroatoms. The van der Waals surface area contributed by atoms with Crippen LogP contribution in [0.5, 0.6) is 0 Å². The van der Waals surface area contributed by atoms with E-state index in [2.05, 4.69) is 30.3 Å². The van der Waals surface area contributed by atoms with Gasteiger partial charge in [0, 0.05) is 6.61 Å². The fraction of sp³-hybridized carbons (Fsp3) is 0.412. The molecule has 1 aromatic carbocycles. The monoisotopic (exact) mass is 286 g/mol. The van der Waals surface area contributed by atoms with Crippen molar-refractivity contribution in [2.45, 2.75) is 38.3 Å². The lowest BCUT2D eigenvalue weighted by Crippen LogP contribution is -2.12. The largest absolute Gasteiger partial charge is 0.467 e. The summed E-state index contributed by atoms with van der Waals surface area (Å²) in [5.74, 6) is 0.911. The Labute approximate surface area is 124 Å². The maximum Gasteiger partial charge on any atom is 0.129 e. The van der Waals surface area contributed by atoms with Crippen LogP contribution in [-0.2, 0) is 11.3 Å². The molecule has 0 aliphatic heterocycles. The van der Waals surface area contributed by atoms with Gasteiger partial charge in [-0.3, -0.25) is 0 Å². The maximum atomic E-state index is 5.56. The maximum absolute atomic E-state index is 5.56. The van der Waals surface area contributed by atoms with Crippen molar-refractivity contribution >= 4 is 14.7 Å². The van der Waals surface area contributed by atoms with Gasteiger partial charge >= 0.3 is 0 Å². The molecule has 0 unspecified atom stereocenters. The first-order valence-corrected chi connectivity index (χ1v) is 8.55. The molecule has 2 aromatic rings. The number of unbranched alkanes of at least 4 members (excludes halogenated alkanes) is 3. The van der Waals surface area contributed by atoms with Crippen molar-refractivity contribution in [1.29, 1.82) is 0 Å². The van der Waals surface area contributed by atoms with Gasteiger partial charge in [0.2, 0.25) is 0 Å². The first kappa shape index (κ1) is 15.1. The van der Waals surface area contributed by atoms with Gasteiger partial charge < -0.3 is 9.15 Å². The second-order valence-corrected chi connectivity index (χ2v) is 6.27. The van der Waals surface area contributed by atoms with Gasteiger partial charge in [0.1, 0.15) is 12.4 Å². The van der Waals surface area contributed by atoms with Gasteiger partial charge in [-0.05, 0) is 18.6 Å². The molecule has 0 N–H and O–H groups in total. The summed E-state index contributed by atoms with van der Waals surface area (Å²) in [6.07, 6.45) is 6.73. The molecule has 2 rings (SSSR count). The Hall–Kier alpha value is -1.32. The van der Waals surface area contributed by atoms with Crippen molar-refractivity contribution in [3.8, 4) is 0 Å². The number of hydrogen-bond acceptors (Lipinski definition) is 2. The Morgan fingerprint density at radius 1 is 0.900 bits per heavy atom. The van der Waals surface area contributed by atoms with Crippen LogP contribution >= 0.6 is 0 Å². The van der Waals surface area contributed by atoms with E-state index in [1.54, 1.807) is 6.26 Å². The molecule has 0 fully saturated rings. The van der Waals surface area contributed by atoms with Gasteiger partial charge in [-0.1, -0.05) is 60.8 Å². The van der Waals surface area contributed by atoms with Gasteiger partial charge in [0.25, 0.3) is 0 Å². The average Bonchev–Trinajstić information content (AvgIpc) is 3.00. The first-order chi connectivity index (χ1) is 9.95. The predicted octanol–water partition coefficient (Wildman–Crippen LogP) is 3.80. The van der Waals surface area contributed by atoms with Gasteiger partial charge in [-0.15, -0.1) is 0 Å². The molecule has 2 nitrogen and oxygen atoms in total. The van der Waals surface area contributed by atoms with E-state index in [-0.39, 0.29) is 0 Å². The first-order valence-electron chi connectivity index (χ1n) is 7.34. The topological polar surface area (TPSA) is 22.4 Å².